The fourth-order valence-electron chi connectivity index (χ4n) is 4.44. The van der Waals surface area contributed by atoms with Gasteiger partial charge in [-0.25, -0.2) is 4.98 Å². The van der Waals surface area contributed by atoms with Crippen molar-refractivity contribution < 1.29 is 14.1 Å². The molecule has 2 aliphatic rings. The van der Waals surface area contributed by atoms with Gasteiger partial charge in [0.25, 0.3) is 5.91 Å². The molecule has 5 heterocycles. The Labute approximate surface area is 166 Å². The summed E-state index contributed by atoms with van der Waals surface area (Å²) in [5.41, 5.74) is 0.408. The molecule has 10 heteroatoms. The van der Waals surface area contributed by atoms with Gasteiger partial charge < -0.3 is 18.9 Å². The number of fused-ring (bicyclic) bond motifs is 2. The Kier molecular flexibility index (Phi) is 4.26. The Bertz CT molecular complexity index is 1070. The second-order valence-corrected chi connectivity index (χ2v) is 7.47. The Hall–Kier alpha value is -3.30. The Morgan fingerprint density at radius 3 is 3.10 bits per heavy atom. The molecule has 0 spiro atoms. The van der Waals surface area contributed by atoms with Gasteiger partial charge >= 0.3 is 0 Å². The lowest BCUT2D eigenvalue weighted by molar-refractivity contribution is -0.129. The highest BCUT2D eigenvalue weighted by molar-refractivity contribution is 6.03. The first-order valence-corrected chi connectivity index (χ1v) is 9.85. The molecule has 0 saturated carbocycles. The summed E-state index contributed by atoms with van der Waals surface area (Å²) in [4.78, 5) is 33.6. The van der Waals surface area contributed by atoms with Crippen LogP contribution in [0.5, 0.6) is 0 Å². The molecule has 0 aromatic carbocycles. The maximum absolute atomic E-state index is 13.1. The molecule has 2 amide bonds. The van der Waals surface area contributed by atoms with Crippen molar-refractivity contribution >= 4 is 22.8 Å². The zero-order valence-electron chi connectivity index (χ0n) is 16.1. The second kappa shape index (κ2) is 6.94. The van der Waals surface area contributed by atoms with Gasteiger partial charge in [0, 0.05) is 25.7 Å². The minimum absolute atomic E-state index is 0.0227. The van der Waals surface area contributed by atoms with Crippen LogP contribution in [-0.4, -0.2) is 65.1 Å². The van der Waals surface area contributed by atoms with Gasteiger partial charge in [-0.3, -0.25) is 9.59 Å². The number of amides is 2. The molecule has 5 rings (SSSR count). The summed E-state index contributed by atoms with van der Waals surface area (Å²) in [5, 5.41) is 12.6. The SMILES string of the molecule is CCCn1cnnc1CN1C(=O)CC2C1CCN2C(=O)c1onc2ncccc12. The van der Waals surface area contributed by atoms with Crippen molar-refractivity contribution in [1.29, 1.82) is 0 Å². The van der Waals surface area contributed by atoms with E-state index in [4.69, 9.17) is 4.52 Å². The summed E-state index contributed by atoms with van der Waals surface area (Å²) in [6.45, 7) is 3.89. The van der Waals surface area contributed by atoms with Gasteiger partial charge in [-0.1, -0.05) is 12.1 Å². The number of aromatic nitrogens is 5. The van der Waals surface area contributed by atoms with E-state index >= 15 is 0 Å². The van der Waals surface area contributed by atoms with Crippen molar-refractivity contribution in [2.24, 2.45) is 0 Å². The maximum atomic E-state index is 13.1. The highest BCUT2D eigenvalue weighted by atomic mass is 16.5. The van der Waals surface area contributed by atoms with Crippen LogP contribution in [0.15, 0.2) is 29.2 Å². The first-order chi connectivity index (χ1) is 14.2. The van der Waals surface area contributed by atoms with E-state index in [1.54, 1.807) is 29.6 Å². The van der Waals surface area contributed by atoms with Crippen LogP contribution in [0.2, 0.25) is 0 Å². The van der Waals surface area contributed by atoms with Gasteiger partial charge in [-0.15, -0.1) is 10.2 Å². The third kappa shape index (κ3) is 2.86. The smallest absolute Gasteiger partial charge is 0.293 e. The van der Waals surface area contributed by atoms with Crippen LogP contribution in [0.1, 0.15) is 42.6 Å². The Morgan fingerprint density at radius 2 is 2.24 bits per heavy atom. The first-order valence-electron chi connectivity index (χ1n) is 9.85. The average Bonchev–Trinajstić information content (AvgIpc) is 3.48. The quantitative estimate of drug-likeness (QED) is 0.639. The molecule has 2 atom stereocenters. The van der Waals surface area contributed by atoms with Crippen molar-refractivity contribution in [3.63, 3.8) is 0 Å². The third-order valence-corrected chi connectivity index (χ3v) is 5.80. The van der Waals surface area contributed by atoms with Crippen molar-refractivity contribution in [2.45, 2.75) is 51.4 Å². The van der Waals surface area contributed by atoms with Gasteiger partial charge in [-0.05, 0) is 25.0 Å². The van der Waals surface area contributed by atoms with Gasteiger partial charge in [0.1, 0.15) is 6.33 Å². The summed E-state index contributed by atoms with van der Waals surface area (Å²) in [5.74, 6) is 0.754. The zero-order chi connectivity index (χ0) is 20.0. The van der Waals surface area contributed by atoms with Crippen LogP contribution in [-0.2, 0) is 17.9 Å². The monoisotopic (exact) mass is 395 g/mol. The lowest BCUT2D eigenvalue weighted by Gasteiger charge is -2.24. The first kappa shape index (κ1) is 17.8. The number of nitrogens with zero attached hydrogens (tertiary/aromatic N) is 7. The lowest BCUT2D eigenvalue weighted by Crippen LogP contribution is -2.40. The molecule has 2 fully saturated rings. The minimum atomic E-state index is -0.239. The number of hydrogen-bond donors (Lipinski definition) is 0. The standard InChI is InChI=1S/C19H21N7O3/c1-2-7-24-11-21-22-15(24)10-26-13-5-8-25(14(13)9-16(26)27)19(28)17-12-4-3-6-20-18(12)23-29-17/h3-4,6,11,13-14H,2,5,7-10H2,1H3. The molecule has 10 nitrogen and oxygen atoms in total. The highest BCUT2D eigenvalue weighted by Gasteiger charge is 2.49. The second-order valence-electron chi connectivity index (χ2n) is 7.47. The van der Waals surface area contributed by atoms with Crippen LogP contribution in [0.4, 0.5) is 0 Å². The molecule has 3 aromatic heterocycles. The van der Waals surface area contributed by atoms with Crippen LogP contribution < -0.4 is 0 Å². The molecule has 0 bridgehead atoms. The third-order valence-electron chi connectivity index (χ3n) is 5.80. The lowest BCUT2D eigenvalue weighted by atomic mass is 10.1. The van der Waals surface area contributed by atoms with E-state index in [2.05, 4.69) is 27.3 Å². The molecular formula is C19H21N7O3. The fourth-order valence-corrected chi connectivity index (χ4v) is 4.44. The largest absolute Gasteiger partial charge is 0.348 e. The summed E-state index contributed by atoms with van der Waals surface area (Å²) < 4.78 is 7.27. The normalized spacial score (nSPS) is 21.3. The van der Waals surface area contributed by atoms with Crippen LogP contribution in [0, 0.1) is 0 Å². The summed E-state index contributed by atoms with van der Waals surface area (Å²) in [6.07, 6.45) is 5.31. The average molecular weight is 395 g/mol. The molecule has 0 radical (unpaired) electrons. The minimum Gasteiger partial charge on any atom is -0.348 e. The Balaban J connectivity index is 1.37. The van der Waals surface area contributed by atoms with Gasteiger partial charge in [-0.2, -0.15) is 0 Å². The number of likely N-dealkylation sites (tertiary alicyclic amines) is 2. The number of carbonyl (C=O) groups is 2. The van der Waals surface area contributed by atoms with E-state index < -0.39 is 0 Å². The van der Waals surface area contributed by atoms with Crippen LogP contribution in [0.3, 0.4) is 0 Å². The molecule has 0 N–H and O–H groups in total. The molecule has 3 aromatic rings. The van der Waals surface area contributed by atoms with Gasteiger partial charge in [0.05, 0.1) is 24.0 Å². The number of hydrogen-bond acceptors (Lipinski definition) is 7. The predicted molar refractivity (Wildman–Crippen MR) is 101 cm³/mol. The number of rotatable bonds is 5. The van der Waals surface area contributed by atoms with Crippen LogP contribution in [0.25, 0.3) is 11.0 Å². The highest BCUT2D eigenvalue weighted by Crippen LogP contribution is 2.35. The molecule has 2 unspecified atom stereocenters. The van der Waals surface area contributed by atoms with Gasteiger partial charge in [0.15, 0.2) is 5.82 Å². The summed E-state index contributed by atoms with van der Waals surface area (Å²) >= 11 is 0. The van der Waals surface area contributed by atoms with E-state index in [9.17, 15) is 9.59 Å². The van der Waals surface area contributed by atoms with E-state index in [0.29, 0.717) is 30.5 Å². The number of aryl methyl sites for hydroxylation is 1. The number of pyridine rings is 1. The maximum Gasteiger partial charge on any atom is 0.293 e. The van der Waals surface area contributed by atoms with Crippen molar-refractivity contribution in [2.75, 3.05) is 6.54 Å². The van der Waals surface area contributed by atoms with E-state index in [1.165, 1.54) is 0 Å². The molecular weight excluding hydrogens is 374 g/mol. The van der Waals surface area contributed by atoms with E-state index in [0.717, 1.165) is 25.2 Å². The molecule has 29 heavy (non-hydrogen) atoms. The topological polar surface area (TPSA) is 110 Å². The van der Waals surface area contributed by atoms with Gasteiger partial charge in [0.2, 0.25) is 17.3 Å². The zero-order valence-corrected chi connectivity index (χ0v) is 16.1. The van der Waals surface area contributed by atoms with E-state index in [1.807, 2.05) is 9.47 Å². The fraction of sp³-hybridized carbons (Fsp3) is 0.474. The molecule has 0 aliphatic carbocycles. The summed E-state index contributed by atoms with van der Waals surface area (Å²) in [7, 11) is 0. The molecule has 2 saturated heterocycles. The van der Waals surface area contributed by atoms with Crippen molar-refractivity contribution in [3.05, 3.63) is 36.2 Å². The summed E-state index contributed by atoms with van der Waals surface area (Å²) in [6, 6.07) is 3.32. The molecule has 2 aliphatic heterocycles. The van der Waals surface area contributed by atoms with E-state index in [-0.39, 0.29) is 29.7 Å². The van der Waals surface area contributed by atoms with Crippen molar-refractivity contribution in [3.8, 4) is 0 Å². The van der Waals surface area contributed by atoms with Crippen molar-refractivity contribution in [1.82, 2.24) is 34.7 Å². The predicted octanol–water partition coefficient (Wildman–Crippen LogP) is 1.24. The molecule has 150 valence electrons. The number of carbonyl (C=O) groups excluding carboxylic acids is 2. The Morgan fingerprint density at radius 1 is 1.34 bits per heavy atom. The van der Waals surface area contributed by atoms with Crippen LogP contribution >= 0.6 is 0 Å².